The molecular weight excluding hydrogens is 412 g/mol. The topological polar surface area (TPSA) is 51.5 Å². The number of amides is 1. The summed E-state index contributed by atoms with van der Waals surface area (Å²) in [6.07, 6.45) is 1.82. The Balaban J connectivity index is 1.86. The Labute approximate surface area is 194 Å². The lowest BCUT2D eigenvalue weighted by molar-refractivity contribution is -0.138. The Morgan fingerprint density at radius 2 is 1.64 bits per heavy atom. The van der Waals surface area contributed by atoms with Crippen LogP contribution in [0.1, 0.15) is 36.4 Å². The zero-order chi connectivity index (χ0) is 23.7. The predicted molar refractivity (Wildman–Crippen MR) is 131 cm³/mol. The standard InChI is InChI=1S/C28H28N2O3/c1-6-33-28(32)26-21(5)30(23-13-8-7-9-14-23)27(31)24(26)17-22-16-19(3)29(20(22)4)25-15-11-10-12-18(25)2/h7-17H,6H2,1-5H3/b24-17-. The molecule has 3 aromatic rings. The highest BCUT2D eigenvalue weighted by atomic mass is 16.5. The van der Waals surface area contributed by atoms with Crippen molar-refractivity contribution >= 4 is 23.6 Å². The number of anilines is 1. The average molecular weight is 441 g/mol. The molecule has 0 aliphatic carbocycles. The molecule has 2 aromatic carbocycles. The normalized spacial score (nSPS) is 15.0. The van der Waals surface area contributed by atoms with Gasteiger partial charge in [-0.1, -0.05) is 36.4 Å². The number of carbonyl (C=O) groups excluding carboxylic acids is 2. The Morgan fingerprint density at radius 1 is 0.970 bits per heavy atom. The minimum absolute atomic E-state index is 0.234. The second kappa shape index (κ2) is 8.94. The van der Waals surface area contributed by atoms with Crippen molar-refractivity contribution in [2.24, 2.45) is 0 Å². The van der Waals surface area contributed by atoms with E-state index >= 15 is 0 Å². The molecule has 1 aliphatic heterocycles. The molecule has 0 bridgehead atoms. The van der Waals surface area contributed by atoms with E-state index in [1.807, 2.05) is 68.5 Å². The van der Waals surface area contributed by atoms with Crippen LogP contribution < -0.4 is 4.90 Å². The smallest absolute Gasteiger partial charge is 0.340 e. The number of para-hydroxylation sites is 2. The molecule has 0 saturated carbocycles. The molecule has 4 rings (SSSR count). The van der Waals surface area contributed by atoms with Gasteiger partial charge in [0.2, 0.25) is 0 Å². The molecular formula is C28H28N2O3. The highest BCUT2D eigenvalue weighted by Gasteiger charge is 2.38. The average Bonchev–Trinajstić information content (AvgIpc) is 3.21. The van der Waals surface area contributed by atoms with Crippen molar-refractivity contribution in [3.63, 3.8) is 0 Å². The summed E-state index contributed by atoms with van der Waals surface area (Å²) in [4.78, 5) is 28.0. The number of nitrogens with zero attached hydrogens (tertiary/aromatic N) is 2. The summed E-state index contributed by atoms with van der Waals surface area (Å²) in [5.74, 6) is -0.719. The number of hydrogen-bond acceptors (Lipinski definition) is 3. The van der Waals surface area contributed by atoms with Gasteiger partial charge in [0.15, 0.2) is 0 Å². The van der Waals surface area contributed by atoms with Gasteiger partial charge in [0.25, 0.3) is 5.91 Å². The Morgan fingerprint density at radius 3 is 2.30 bits per heavy atom. The van der Waals surface area contributed by atoms with Crippen LogP contribution in [0, 0.1) is 20.8 Å². The molecule has 168 valence electrons. The first kappa shape index (κ1) is 22.3. The largest absolute Gasteiger partial charge is 0.462 e. The summed E-state index contributed by atoms with van der Waals surface area (Å²) < 4.78 is 7.50. The molecule has 2 heterocycles. The van der Waals surface area contributed by atoms with E-state index in [-0.39, 0.29) is 12.5 Å². The molecule has 33 heavy (non-hydrogen) atoms. The van der Waals surface area contributed by atoms with Gasteiger partial charge in [-0.05, 0) is 76.1 Å². The Hall–Kier alpha value is -3.86. The van der Waals surface area contributed by atoms with E-state index in [9.17, 15) is 9.59 Å². The Bertz CT molecular complexity index is 1300. The van der Waals surface area contributed by atoms with Crippen molar-refractivity contribution in [3.8, 4) is 5.69 Å². The maximum atomic E-state index is 13.6. The van der Waals surface area contributed by atoms with Crippen molar-refractivity contribution in [1.29, 1.82) is 0 Å². The quantitative estimate of drug-likeness (QED) is 0.379. The maximum Gasteiger partial charge on any atom is 0.340 e. The summed E-state index contributed by atoms with van der Waals surface area (Å²) in [5, 5.41) is 0. The number of hydrogen-bond donors (Lipinski definition) is 0. The van der Waals surface area contributed by atoms with Gasteiger partial charge in [0, 0.05) is 28.5 Å². The molecule has 0 spiro atoms. The van der Waals surface area contributed by atoms with Crippen LogP contribution in [-0.2, 0) is 14.3 Å². The van der Waals surface area contributed by atoms with Crippen molar-refractivity contribution in [2.75, 3.05) is 11.5 Å². The predicted octanol–water partition coefficient (Wildman–Crippen LogP) is 5.67. The first-order chi connectivity index (χ1) is 15.8. The number of ether oxygens (including phenoxy) is 1. The van der Waals surface area contributed by atoms with Crippen LogP contribution in [-0.4, -0.2) is 23.1 Å². The fraction of sp³-hybridized carbons (Fsp3) is 0.214. The number of aromatic nitrogens is 1. The highest BCUT2D eigenvalue weighted by Crippen LogP contribution is 2.36. The van der Waals surface area contributed by atoms with Gasteiger partial charge >= 0.3 is 5.97 Å². The first-order valence-corrected chi connectivity index (χ1v) is 11.1. The van der Waals surface area contributed by atoms with E-state index in [0.717, 1.165) is 33.9 Å². The summed E-state index contributed by atoms with van der Waals surface area (Å²) >= 11 is 0. The summed E-state index contributed by atoms with van der Waals surface area (Å²) in [6, 6.07) is 19.6. The van der Waals surface area contributed by atoms with Gasteiger partial charge < -0.3 is 9.30 Å². The molecule has 1 aromatic heterocycles. The highest BCUT2D eigenvalue weighted by molar-refractivity contribution is 6.23. The lowest BCUT2D eigenvalue weighted by atomic mass is 10.0. The molecule has 5 nitrogen and oxygen atoms in total. The van der Waals surface area contributed by atoms with Gasteiger partial charge in [0.05, 0.1) is 17.8 Å². The molecule has 0 atom stereocenters. The minimum Gasteiger partial charge on any atom is -0.462 e. The van der Waals surface area contributed by atoms with Crippen LogP contribution in [0.25, 0.3) is 11.8 Å². The number of benzene rings is 2. The van der Waals surface area contributed by atoms with Crippen LogP contribution in [0.15, 0.2) is 77.5 Å². The van der Waals surface area contributed by atoms with Gasteiger partial charge in [0.1, 0.15) is 0 Å². The molecule has 0 saturated heterocycles. The first-order valence-electron chi connectivity index (χ1n) is 11.1. The zero-order valence-electron chi connectivity index (χ0n) is 19.7. The van der Waals surface area contributed by atoms with Crippen LogP contribution in [0.2, 0.25) is 0 Å². The van der Waals surface area contributed by atoms with Crippen LogP contribution in [0.3, 0.4) is 0 Å². The third-order valence-electron chi connectivity index (χ3n) is 6.02. The molecule has 0 N–H and O–H groups in total. The fourth-order valence-electron chi connectivity index (χ4n) is 4.44. The number of aryl methyl sites for hydroxylation is 2. The van der Waals surface area contributed by atoms with Crippen molar-refractivity contribution in [1.82, 2.24) is 4.57 Å². The molecule has 1 amide bonds. The number of carbonyl (C=O) groups is 2. The lowest BCUT2D eigenvalue weighted by Gasteiger charge is -2.17. The van der Waals surface area contributed by atoms with E-state index in [4.69, 9.17) is 4.74 Å². The van der Waals surface area contributed by atoms with Gasteiger partial charge in [-0.15, -0.1) is 0 Å². The third-order valence-corrected chi connectivity index (χ3v) is 6.02. The third kappa shape index (κ3) is 3.91. The maximum absolute atomic E-state index is 13.6. The van der Waals surface area contributed by atoms with E-state index < -0.39 is 5.97 Å². The van der Waals surface area contributed by atoms with Gasteiger partial charge in [-0.25, -0.2) is 4.79 Å². The van der Waals surface area contributed by atoms with E-state index in [0.29, 0.717) is 16.8 Å². The number of esters is 1. The molecule has 1 aliphatic rings. The van der Waals surface area contributed by atoms with Gasteiger partial charge in [-0.2, -0.15) is 0 Å². The van der Waals surface area contributed by atoms with Crippen LogP contribution >= 0.6 is 0 Å². The lowest BCUT2D eigenvalue weighted by Crippen LogP contribution is -2.24. The van der Waals surface area contributed by atoms with Crippen molar-refractivity contribution in [2.45, 2.75) is 34.6 Å². The van der Waals surface area contributed by atoms with E-state index in [2.05, 4.69) is 23.6 Å². The zero-order valence-corrected chi connectivity index (χ0v) is 19.7. The molecule has 0 fully saturated rings. The SMILES string of the molecule is CCOC(=O)C1=C(C)N(c2ccccc2)C(=O)/C1=C\c1cc(C)n(-c2ccccc2C)c1C. The van der Waals surface area contributed by atoms with Crippen LogP contribution in [0.5, 0.6) is 0 Å². The minimum atomic E-state index is -0.485. The Kier molecular flexibility index (Phi) is 6.05. The summed E-state index contributed by atoms with van der Waals surface area (Å²) in [7, 11) is 0. The monoisotopic (exact) mass is 440 g/mol. The second-order valence-electron chi connectivity index (χ2n) is 8.16. The summed E-state index contributed by atoms with van der Waals surface area (Å²) in [6.45, 7) is 9.94. The molecule has 5 heteroatoms. The van der Waals surface area contributed by atoms with Crippen molar-refractivity contribution < 1.29 is 14.3 Å². The van der Waals surface area contributed by atoms with E-state index in [1.165, 1.54) is 0 Å². The molecule has 0 unspecified atom stereocenters. The van der Waals surface area contributed by atoms with E-state index in [1.54, 1.807) is 18.7 Å². The molecule has 0 radical (unpaired) electrons. The van der Waals surface area contributed by atoms with Crippen LogP contribution in [0.4, 0.5) is 5.69 Å². The number of allylic oxidation sites excluding steroid dienone is 1. The second-order valence-corrected chi connectivity index (χ2v) is 8.16. The summed E-state index contributed by atoms with van der Waals surface area (Å²) in [5.41, 5.74) is 7.15. The van der Waals surface area contributed by atoms with Crippen molar-refractivity contribution in [3.05, 3.63) is 100 Å². The van der Waals surface area contributed by atoms with Gasteiger partial charge in [-0.3, -0.25) is 9.69 Å². The number of rotatable bonds is 5. The fourth-order valence-corrected chi connectivity index (χ4v) is 4.44.